The van der Waals surface area contributed by atoms with Gasteiger partial charge in [0.1, 0.15) is 11.3 Å². The Labute approximate surface area is 140 Å². The van der Waals surface area contributed by atoms with Crippen LogP contribution in [0.15, 0.2) is 29.0 Å². The van der Waals surface area contributed by atoms with Crippen molar-refractivity contribution in [1.82, 2.24) is 10.1 Å². The smallest absolute Gasteiger partial charge is 0.256 e. The minimum atomic E-state index is -0.695. The number of unbranched alkanes of at least 4 members (excludes halogenated alkanes) is 1. The largest absolute Gasteiger partial charge is 0.365 e. The summed E-state index contributed by atoms with van der Waals surface area (Å²) in [6, 6.07) is 3.28. The van der Waals surface area contributed by atoms with Gasteiger partial charge in [0.2, 0.25) is 11.8 Å². The lowest BCUT2D eigenvalue weighted by Crippen LogP contribution is -2.38. The minimum absolute atomic E-state index is 0.0949. The number of anilines is 1. The first kappa shape index (κ1) is 17.7. The van der Waals surface area contributed by atoms with Gasteiger partial charge in [0.25, 0.3) is 5.91 Å². The number of hydrogen-bond donors (Lipinski definition) is 1. The van der Waals surface area contributed by atoms with Gasteiger partial charge in [-0.15, -0.1) is 0 Å². The maximum Gasteiger partial charge on any atom is 0.256 e. The first-order chi connectivity index (χ1) is 11.5. The normalized spacial score (nSPS) is 10.8. The molecule has 0 saturated carbocycles. The molecule has 0 aliphatic rings. The molecule has 0 radical (unpaired) electrons. The van der Waals surface area contributed by atoms with Crippen molar-refractivity contribution >= 4 is 17.7 Å². The Kier molecular flexibility index (Phi) is 5.68. The second-order valence-electron chi connectivity index (χ2n) is 5.78. The summed E-state index contributed by atoms with van der Waals surface area (Å²) in [5.41, 5.74) is 6.53. The monoisotopic (exact) mass is 330 g/mol. The number of pyridine rings is 1. The summed E-state index contributed by atoms with van der Waals surface area (Å²) < 4.78 is 5.36. The van der Waals surface area contributed by atoms with Crippen LogP contribution in [0.1, 0.15) is 50.4 Å². The molecule has 2 rings (SSSR count). The van der Waals surface area contributed by atoms with Gasteiger partial charge in [-0.05, 0) is 32.4 Å². The van der Waals surface area contributed by atoms with Crippen molar-refractivity contribution in [2.75, 3.05) is 4.90 Å². The van der Waals surface area contributed by atoms with E-state index in [9.17, 15) is 9.59 Å². The van der Waals surface area contributed by atoms with Crippen molar-refractivity contribution in [3.63, 3.8) is 0 Å². The van der Waals surface area contributed by atoms with Gasteiger partial charge >= 0.3 is 0 Å². The quantitative estimate of drug-likeness (QED) is 0.841. The summed E-state index contributed by atoms with van der Waals surface area (Å²) in [5, 5.41) is 3.96. The molecule has 7 heteroatoms. The Morgan fingerprint density at radius 1 is 1.38 bits per heavy atom. The maximum atomic E-state index is 12.5. The van der Waals surface area contributed by atoms with Gasteiger partial charge in [0.05, 0.1) is 0 Å². The van der Waals surface area contributed by atoms with Crippen molar-refractivity contribution in [3.05, 3.63) is 30.1 Å². The van der Waals surface area contributed by atoms with E-state index in [2.05, 4.69) is 10.1 Å². The van der Waals surface area contributed by atoms with Gasteiger partial charge < -0.3 is 10.3 Å². The van der Waals surface area contributed by atoms with E-state index in [0.717, 1.165) is 12.8 Å². The summed E-state index contributed by atoms with van der Waals surface area (Å²) in [6.07, 6.45) is 5.21. The van der Waals surface area contributed by atoms with Crippen LogP contribution in [0.4, 0.5) is 5.88 Å². The van der Waals surface area contributed by atoms with E-state index in [-0.39, 0.29) is 23.4 Å². The Bertz CT molecular complexity index is 710. The number of carbonyl (C=O) groups is 2. The molecule has 0 aromatic carbocycles. The minimum Gasteiger partial charge on any atom is -0.365 e. The summed E-state index contributed by atoms with van der Waals surface area (Å²) in [5.74, 6) is -0.722. The van der Waals surface area contributed by atoms with E-state index in [4.69, 9.17) is 10.3 Å². The van der Waals surface area contributed by atoms with Crippen molar-refractivity contribution < 1.29 is 14.1 Å². The van der Waals surface area contributed by atoms with E-state index in [0.29, 0.717) is 17.7 Å². The number of nitrogens with two attached hydrogens (primary N) is 1. The van der Waals surface area contributed by atoms with E-state index >= 15 is 0 Å². The Morgan fingerprint density at radius 3 is 2.67 bits per heavy atom. The second kappa shape index (κ2) is 7.72. The average Bonchev–Trinajstić information content (AvgIpc) is 2.98. The highest BCUT2D eigenvalue weighted by Gasteiger charge is 2.31. The first-order valence-electron chi connectivity index (χ1n) is 7.99. The fourth-order valence-electron chi connectivity index (χ4n) is 2.45. The summed E-state index contributed by atoms with van der Waals surface area (Å²) in [4.78, 5) is 30.0. The fourth-order valence-corrected chi connectivity index (χ4v) is 2.45. The molecular weight excluding hydrogens is 308 g/mol. The summed E-state index contributed by atoms with van der Waals surface area (Å²) in [6.45, 7) is 5.71. The Hall–Kier alpha value is -2.70. The molecule has 2 heterocycles. The Balaban J connectivity index is 2.50. The van der Waals surface area contributed by atoms with Gasteiger partial charge in [-0.25, -0.2) is 0 Å². The summed E-state index contributed by atoms with van der Waals surface area (Å²) >= 11 is 0. The molecule has 0 saturated heterocycles. The van der Waals surface area contributed by atoms with Crippen LogP contribution in [-0.2, 0) is 4.79 Å². The van der Waals surface area contributed by atoms with Crippen molar-refractivity contribution in [2.45, 2.75) is 46.1 Å². The van der Waals surface area contributed by atoms with Crippen LogP contribution in [-0.4, -0.2) is 28.0 Å². The number of rotatable bonds is 7. The molecule has 2 aromatic heterocycles. The van der Waals surface area contributed by atoms with E-state index in [1.54, 1.807) is 24.5 Å². The van der Waals surface area contributed by atoms with Gasteiger partial charge in [0.15, 0.2) is 0 Å². The molecule has 0 aliphatic carbocycles. The molecule has 2 N–H and O–H groups in total. The van der Waals surface area contributed by atoms with Gasteiger partial charge in [-0.3, -0.25) is 19.5 Å². The molecular formula is C17H22N4O3. The van der Waals surface area contributed by atoms with Gasteiger partial charge in [-0.2, -0.15) is 0 Å². The molecule has 2 aromatic rings. The van der Waals surface area contributed by atoms with Crippen molar-refractivity contribution in [3.8, 4) is 11.3 Å². The van der Waals surface area contributed by atoms with Crippen LogP contribution in [0.5, 0.6) is 0 Å². The SMILES string of the molecule is CCCCC(=O)N(c1onc(-c2cccnc2)c1C(N)=O)C(C)C. The van der Waals surface area contributed by atoms with Crippen LogP contribution in [0.25, 0.3) is 11.3 Å². The lowest BCUT2D eigenvalue weighted by molar-refractivity contribution is -0.119. The molecule has 24 heavy (non-hydrogen) atoms. The molecule has 2 amide bonds. The van der Waals surface area contributed by atoms with Crippen LogP contribution >= 0.6 is 0 Å². The molecule has 128 valence electrons. The number of amides is 2. The van der Waals surface area contributed by atoms with Crippen LogP contribution in [0, 0.1) is 0 Å². The number of aromatic nitrogens is 2. The summed E-state index contributed by atoms with van der Waals surface area (Å²) in [7, 11) is 0. The fraction of sp³-hybridized carbons (Fsp3) is 0.412. The van der Waals surface area contributed by atoms with Crippen LogP contribution in [0.2, 0.25) is 0 Å². The molecule has 0 atom stereocenters. The van der Waals surface area contributed by atoms with Crippen LogP contribution < -0.4 is 10.6 Å². The predicted molar refractivity (Wildman–Crippen MR) is 90.4 cm³/mol. The standard InChI is InChI=1S/C17H22N4O3/c1-4-5-8-13(22)21(11(2)3)17-14(16(18)23)15(20-24-17)12-7-6-9-19-10-12/h6-7,9-11H,4-5,8H2,1-3H3,(H2,18,23). The molecule has 7 nitrogen and oxygen atoms in total. The highest BCUT2D eigenvalue weighted by molar-refractivity contribution is 6.06. The lowest BCUT2D eigenvalue weighted by Gasteiger charge is -2.24. The molecule has 0 unspecified atom stereocenters. The molecule has 0 aliphatic heterocycles. The second-order valence-corrected chi connectivity index (χ2v) is 5.78. The highest BCUT2D eigenvalue weighted by Crippen LogP contribution is 2.32. The topological polar surface area (TPSA) is 102 Å². The lowest BCUT2D eigenvalue weighted by atomic mass is 10.1. The van der Waals surface area contributed by atoms with E-state index < -0.39 is 5.91 Å². The van der Waals surface area contributed by atoms with E-state index in [1.165, 1.54) is 4.90 Å². The van der Waals surface area contributed by atoms with E-state index in [1.807, 2.05) is 20.8 Å². The average molecular weight is 330 g/mol. The van der Waals surface area contributed by atoms with Crippen LogP contribution in [0.3, 0.4) is 0 Å². The molecule has 0 spiro atoms. The third kappa shape index (κ3) is 3.61. The number of nitrogens with zero attached hydrogens (tertiary/aromatic N) is 3. The number of primary amides is 1. The zero-order valence-corrected chi connectivity index (χ0v) is 14.2. The zero-order chi connectivity index (χ0) is 17.7. The highest BCUT2D eigenvalue weighted by atomic mass is 16.5. The Morgan fingerprint density at radius 2 is 2.12 bits per heavy atom. The zero-order valence-electron chi connectivity index (χ0n) is 14.2. The third-order valence-electron chi connectivity index (χ3n) is 3.60. The third-order valence-corrected chi connectivity index (χ3v) is 3.60. The number of hydrogen-bond acceptors (Lipinski definition) is 5. The molecule has 0 fully saturated rings. The maximum absolute atomic E-state index is 12.5. The van der Waals surface area contributed by atoms with Gasteiger partial charge in [-0.1, -0.05) is 18.5 Å². The van der Waals surface area contributed by atoms with Crippen molar-refractivity contribution in [1.29, 1.82) is 0 Å². The van der Waals surface area contributed by atoms with Gasteiger partial charge in [0, 0.05) is 30.4 Å². The predicted octanol–water partition coefficient (Wildman–Crippen LogP) is 2.77. The molecule has 0 bridgehead atoms. The van der Waals surface area contributed by atoms with Crippen molar-refractivity contribution in [2.24, 2.45) is 5.73 Å². The first-order valence-corrected chi connectivity index (χ1v) is 7.99. The number of carbonyl (C=O) groups excluding carboxylic acids is 2.